The third-order valence-electron chi connectivity index (χ3n) is 6.42. The molecule has 1 aromatic rings. The lowest BCUT2D eigenvalue weighted by Gasteiger charge is -2.36. The van der Waals surface area contributed by atoms with E-state index in [1.54, 1.807) is 6.33 Å². The number of piperazine rings is 1. The molecule has 2 saturated heterocycles. The smallest absolute Gasteiger partial charge is 0.234 e. The summed E-state index contributed by atoms with van der Waals surface area (Å²) in [5, 5.41) is 3.25. The highest BCUT2D eigenvalue weighted by atomic mass is 32.2. The molecule has 0 spiro atoms. The molecule has 0 unspecified atom stereocenters. The van der Waals surface area contributed by atoms with Crippen molar-refractivity contribution in [3.63, 3.8) is 0 Å². The van der Waals surface area contributed by atoms with Crippen LogP contribution in [0.5, 0.6) is 0 Å². The number of nitrogens with one attached hydrogen (secondary N) is 1. The zero-order chi connectivity index (χ0) is 20.1. The first-order valence-electron chi connectivity index (χ1n) is 11.1. The van der Waals surface area contributed by atoms with Crippen LogP contribution in [0.25, 0.3) is 0 Å². The number of amides is 1. The average Bonchev–Trinajstić information content (AvgIpc) is 2.77. The van der Waals surface area contributed by atoms with Gasteiger partial charge in [-0.25, -0.2) is 9.97 Å². The highest BCUT2D eigenvalue weighted by Gasteiger charge is 2.24. The van der Waals surface area contributed by atoms with Crippen LogP contribution in [0.4, 0.5) is 11.6 Å². The molecule has 2 aliphatic heterocycles. The van der Waals surface area contributed by atoms with E-state index in [0.29, 0.717) is 12.6 Å². The van der Waals surface area contributed by atoms with Crippen LogP contribution in [-0.2, 0) is 4.79 Å². The molecule has 0 atom stereocenters. The van der Waals surface area contributed by atoms with Crippen molar-refractivity contribution in [2.45, 2.75) is 38.6 Å². The van der Waals surface area contributed by atoms with E-state index < -0.39 is 0 Å². The number of rotatable bonds is 5. The van der Waals surface area contributed by atoms with Crippen molar-refractivity contribution in [3.05, 3.63) is 12.4 Å². The zero-order valence-electron chi connectivity index (χ0n) is 17.6. The van der Waals surface area contributed by atoms with Crippen molar-refractivity contribution in [1.82, 2.24) is 20.2 Å². The van der Waals surface area contributed by atoms with E-state index in [4.69, 9.17) is 0 Å². The molecule has 1 saturated carbocycles. The number of carbonyl (C=O) groups is 1. The van der Waals surface area contributed by atoms with Crippen LogP contribution in [0.15, 0.2) is 12.4 Å². The van der Waals surface area contributed by atoms with Gasteiger partial charge in [-0.05, 0) is 31.6 Å². The van der Waals surface area contributed by atoms with E-state index in [1.807, 2.05) is 11.8 Å². The monoisotopic (exact) mass is 418 g/mol. The Morgan fingerprint density at radius 1 is 1.00 bits per heavy atom. The van der Waals surface area contributed by atoms with E-state index in [2.05, 4.69) is 43.0 Å². The Balaban J connectivity index is 1.23. The number of thioether (sulfide) groups is 1. The molecule has 1 aromatic heterocycles. The molecule has 0 radical (unpaired) electrons. The number of nitrogens with zero attached hydrogens (tertiary/aromatic N) is 5. The number of carbonyl (C=O) groups excluding carboxylic acids is 1. The SMILES string of the molecule is CC1CCC(NC(=O)CN2CCN(c3cc(N4CCSCC4)ncn3)CC2)CC1. The third-order valence-corrected chi connectivity index (χ3v) is 7.36. The minimum absolute atomic E-state index is 0.185. The van der Waals surface area contributed by atoms with Crippen LogP contribution in [0.1, 0.15) is 32.6 Å². The van der Waals surface area contributed by atoms with Gasteiger partial charge >= 0.3 is 0 Å². The van der Waals surface area contributed by atoms with Gasteiger partial charge in [0.15, 0.2) is 0 Å². The predicted molar refractivity (Wildman–Crippen MR) is 120 cm³/mol. The fraction of sp³-hybridized carbons (Fsp3) is 0.762. The summed E-state index contributed by atoms with van der Waals surface area (Å²) in [5.41, 5.74) is 0. The molecule has 160 valence electrons. The first-order chi connectivity index (χ1) is 14.2. The van der Waals surface area contributed by atoms with Gasteiger partial charge in [-0.2, -0.15) is 11.8 Å². The summed E-state index contributed by atoms with van der Waals surface area (Å²) in [4.78, 5) is 28.4. The van der Waals surface area contributed by atoms with Crippen molar-refractivity contribution in [2.24, 2.45) is 5.92 Å². The van der Waals surface area contributed by atoms with Crippen molar-refractivity contribution in [2.75, 3.05) is 67.1 Å². The molecule has 3 aliphatic rings. The summed E-state index contributed by atoms with van der Waals surface area (Å²) in [5.74, 6) is 5.38. The summed E-state index contributed by atoms with van der Waals surface area (Å²) in [6.07, 6.45) is 6.43. The molecule has 7 nitrogen and oxygen atoms in total. The number of aromatic nitrogens is 2. The second-order valence-corrected chi connectivity index (χ2v) is 9.85. The van der Waals surface area contributed by atoms with Gasteiger partial charge in [0.2, 0.25) is 5.91 Å². The minimum Gasteiger partial charge on any atom is -0.355 e. The fourth-order valence-electron chi connectivity index (χ4n) is 4.49. The molecule has 3 heterocycles. The van der Waals surface area contributed by atoms with Crippen LogP contribution in [0.2, 0.25) is 0 Å². The van der Waals surface area contributed by atoms with E-state index in [9.17, 15) is 4.79 Å². The molecule has 1 aliphatic carbocycles. The lowest BCUT2D eigenvalue weighted by atomic mass is 9.87. The Kier molecular flexibility index (Phi) is 7.13. The second kappa shape index (κ2) is 9.98. The Labute approximate surface area is 178 Å². The van der Waals surface area contributed by atoms with Gasteiger partial charge in [-0.1, -0.05) is 6.92 Å². The zero-order valence-corrected chi connectivity index (χ0v) is 18.4. The van der Waals surface area contributed by atoms with E-state index in [0.717, 1.165) is 69.7 Å². The van der Waals surface area contributed by atoms with Gasteiger partial charge in [0.05, 0.1) is 6.54 Å². The Bertz CT molecular complexity index is 667. The first-order valence-corrected chi connectivity index (χ1v) is 12.2. The maximum atomic E-state index is 12.4. The maximum absolute atomic E-state index is 12.4. The lowest BCUT2D eigenvalue weighted by molar-refractivity contribution is -0.123. The van der Waals surface area contributed by atoms with Crippen molar-refractivity contribution in [1.29, 1.82) is 0 Å². The predicted octanol–water partition coefficient (Wildman–Crippen LogP) is 1.85. The topological polar surface area (TPSA) is 64.6 Å². The van der Waals surface area contributed by atoms with Crippen LogP contribution in [0.3, 0.4) is 0 Å². The van der Waals surface area contributed by atoms with Gasteiger partial charge in [0.25, 0.3) is 0 Å². The summed E-state index contributed by atoms with van der Waals surface area (Å²) in [7, 11) is 0. The molecular formula is C21H34N6OS. The highest BCUT2D eigenvalue weighted by Crippen LogP contribution is 2.24. The Hall–Kier alpha value is -1.54. The van der Waals surface area contributed by atoms with E-state index in [-0.39, 0.29) is 5.91 Å². The van der Waals surface area contributed by atoms with E-state index in [1.165, 1.54) is 24.3 Å². The molecule has 0 aromatic carbocycles. The van der Waals surface area contributed by atoms with E-state index >= 15 is 0 Å². The highest BCUT2D eigenvalue weighted by molar-refractivity contribution is 7.99. The molecule has 3 fully saturated rings. The quantitative estimate of drug-likeness (QED) is 0.783. The fourth-order valence-corrected chi connectivity index (χ4v) is 5.39. The van der Waals surface area contributed by atoms with Crippen LogP contribution < -0.4 is 15.1 Å². The summed E-state index contributed by atoms with van der Waals surface area (Å²) in [6.45, 7) is 8.54. The Morgan fingerprint density at radius 2 is 1.62 bits per heavy atom. The molecule has 1 N–H and O–H groups in total. The third kappa shape index (κ3) is 5.75. The van der Waals surface area contributed by atoms with Crippen molar-refractivity contribution < 1.29 is 4.79 Å². The molecule has 4 rings (SSSR count). The van der Waals surface area contributed by atoms with Gasteiger partial charge in [0, 0.05) is 62.9 Å². The average molecular weight is 419 g/mol. The van der Waals surface area contributed by atoms with Gasteiger partial charge in [0.1, 0.15) is 18.0 Å². The summed E-state index contributed by atoms with van der Waals surface area (Å²) < 4.78 is 0. The minimum atomic E-state index is 0.185. The lowest BCUT2D eigenvalue weighted by Crippen LogP contribution is -2.51. The normalized spacial score (nSPS) is 26.4. The molecule has 1 amide bonds. The molecule has 8 heteroatoms. The van der Waals surface area contributed by atoms with Gasteiger partial charge in [-0.15, -0.1) is 0 Å². The van der Waals surface area contributed by atoms with Crippen molar-refractivity contribution >= 4 is 29.3 Å². The largest absolute Gasteiger partial charge is 0.355 e. The molecule has 29 heavy (non-hydrogen) atoms. The van der Waals surface area contributed by atoms with Gasteiger partial charge < -0.3 is 15.1 Å². The number of anilines is 2. The molecule has 0 bridgehead atoms. The number of hydrogen-bond donors (Lipinski definition) is 1. The van der Waals surface area contributed by atoms with Crippen LogP contribution >= 0.6 is 11.8 Å². The van der Waals surface area contributed by atoms with Crippen LogP contribution in [-0.4, -0.2) is 84.1 Å². The van der Waals surface area contributed by atoms with Gasteiger partial charge in [-0.3, -0.25) is 9.69 Å². The van der Waals surface area contributed by atoms with Crippen LogP contribution in [0, 0.1) is 5.92 Å². The standard InChI is InChI=1S/C21H34N6OS/c1-17-2-4-18(5-3-17)24-21(28)15-25-6-8-26(9-7-25)19-14-20(23-16-22-19)27-10-12-29-13-11-27/h14,16-18H,2-13,15H2,1H3,(H,24,28). The summed E-state index contributed by atoms with van der Waals surface area (Å²) in [6, 6.07) is 2.51. The second-order valence-electron chi connectivity index (χ2n) is 8.62. The molecular weight excluding hydrogens is 384 g/mol. The van der Waals surface area contributed by atoms with Crippen molar-refractivity contribution in [3.8, 4) is 0 Å². The number of hydrogen-bond acceptors (Lipinski definition) is 7. The maximum Gasteiger partial charge on any atom is 0.234 e. The first kappa shape index (κ1) is 20.7. The Morgan fingerprint density at radius 3 is 2.28 bits per heavy atom. The summed E-state index contributed by atoms with van der Waals surface area (Å²) >= 11 is 2.01.